The van der Waals surface area contributed by atoms with Crippen molar-refractivity contribution in [3.05, 3.63) is 63.8 Å². The van der Waals surface area contributed by atoms with Crippen LogP contribution in [0.4, 0.5) is 4.39 Å². The minimum Gasteiger partial charge on any atom is -0.491 e. The second-order valence-corrected chi connectivity index (χ2v) is 7.74. The number of halogens is 1. The minimum atomic E-state index is -0.107. The highest BCUT2D eigenvalue weighted by Crippen LogP contribution is 2.19. The van der Waals surface area contributed by atoms with E-state index in [1.54, 1.807) is 18.3 Å². The molecule has 0 unspecified atom stereocenters. The Labute approximate surface area is 166 Å². The third kappa shape index (κ3) is 5.66. The van der Waals surface area contributed by atoms with Gasteiger partial charge in [0.25, 0.3) is 0 Å². The Bertz CT molecular complexity index is 823. The predicted octanol–water partition coefficient (Wildman–Crippen LogP) is 2.91. The van der Waals surface area contributed by atoms with E-state index in [1.165, 1.54) is 26.0 Å². The molecular weight excluding hydrogens is 357 g/mol. The minimum absolute atomic E-state index is 0.0957. The lowest BCUT2D eigenvalue weighted by Crippen LogP contribution is -2.41. The van der Waals surface area contributed by atoms with Crippen LogP contribution >= 0.6 is 0 Å². The Kier molecular flexibility index (Phi) is 7.23. The second-order valence-electron chi connectivity index (χ2n) is 7.74. The van der Waals surface area contributed by atoms with E-state index < -0.39 is 0 Å². The summed E-state index contributed by atoms with van der Waals surface area (Å²) in [6, 6.07) is 8.65. The number of benzene rings is 1. The summed E-state index contributed by atoms with van der Waals surface area (Å²) in [6.07, 6.45) is 4.76. The molecule has 0 aliphatic carbocycles. The number of H-pyrrole nitrogens is 1. The Morgan fingerprint density at radius 2 is 2.18 bits per heavy atom. The average molecular weight is 387 g/mol. The molecular formula is C22H30FN3O2. The van der Waals surface area contributed by atoms with Gasteiger partial charge in [-0.3, -0.25) is 4.79 Å². The fourth-order valence-corrected chi connectivity index (χ4v) is 4.03. The van der Waals surface area contributed by atoms with E-state index in [1.807, 2.05) is 12.1 Å². The molecule has 5 nitrogen and oxygen atoms in total. The molecule has 0 saturated carbocycles. The summed E-state index contributed by atoms with van der Waals surface area (Å²) in [5.74, 6) is 0.817. The zero-order valence-corrected chi connectivity index (χ0v) is 16.8. The lowest BCUT2D eigenvalue weighted by molar-refractivity contribution is 0.141. The van der Waals surface area contributed by atoms with Gasteiger partial charge in [-0.15, -0.1) is 0 Å². The van der Waals surface area contributed by atoms with Crippen molar-refractivity contribution in [2.75, 3.05) is 40.3 Å². The topological polar surface area (TPSA) is 48.6 Å². The quantitative estimate of drug-likeness (QED) is 0.757. The maximum Gasteiger partial charge on any atom is 0.223 e. The van der Waals surface area contributed by atoms with E-state index in [0.717, 1.165) is 43.9 Å². The number of hydrogen-bond acceptors (Lipinski definition) is 4. The molecule has 0 bridgehead atoms. The highest BCUT2D eigenvalue weighted by molar-refractivity contribution is 5.20. The molecule has 0 radical (unpaired) electrons. The summed E-state index contributed by atoms with van der Waals surface area (Å²) in [7, 11) is 3.58. The van der Waals surface area contributed by atoms with Crippen molar-refractivity contribution >= 4 is 0 Å². The number of likely N-dealkylation sites (tertiary alicyclic amines) is 1. The Hall–Kier alpha value is -2.18. The molecule has 0 spiro atoms. The smallest absolute Gasteiger partial charge is 0.223 e. The molecule has 1 aromatic heterocycles. The fraction of sp³-hybridized carbons (Fsp3) is 0.500. The number of rotatable bonds is 8. The number of nitrogens with one attached hydrogen (secondary N) is 1. The molecule has 6 heteroatoms. The maximum atomic E-state index is 13.8. The van der Waals surface area contributed by atoms with Crippen molar-refractivity contribution in [3.63, 3.8) is 0 Å². The van der Waals surface area contributed by atoms with Gasteiger partial charge in [0.15, 0.2) is 5.75 Å². The molecule has 2 aromatic rings. The van der Waals surface area contributed by atoms with Crippen molar-refractivity contribution in [1.29, 1.82) is 0 Å². The van der Waals surface area contributed by atoms with Gasteiger partial charge >= 0.3 is 0 Å². The van der Waals surface area contributed by atoms with Crippen molar-refractivity contribution in [2.45, 2.75) is 25.8 Å². The van der Waals surface area contributed by atoms with Crippen LogP contribution in [0.1, 0.15) is 24.1 Å². The average Bonchev–Trinajstić information content (AvgIpc) is 2.68. The van der Waals surface area contributed by atoms with Crippen LogP contribution in [0.3, 0.4) is 0 Å². The first-order valence-electron chi connectivity index (χ1n) is 9.95. The van der Waals surface area contributed by atoms with Crippen molar-refractivity contribution in [2.24, 2.45) is 5.92 Å². The fourth-order valence-electron chi connectivity index (χ4n) is 4.03. The molecule has 2 heterocycles. The number of ether oxygens (including phenoxy) is 1. The summed E-state index contributed by atoms with van der Waals surface area (Å²) in [5.41, 5.74) is 1.59. The molecule has 1 aliphatic rings. The molecule has 1 aliphatic heterocycles. The van der Waals surface area contributed by atoms with E-state index in [0.29, 0.717) is 18.2 Å². The Morgan fingerprint density at radius 3 is 2.93 bits per heavy atom. The Balaban J connectivity index is 1.48. The zero-order chi connectivity index (χ0) is 19.9. The first-order valence-corrected chi connectivity index (χ1v) is 9.95. The number of piperidine rings is 1. The third-order valence-corrected chi connectivity index (χ3v) is 5.43. The van der Waals surface area contributed by atoms with E-state index in [-0.39, 0.29) is 11.2 Å². The third-order valence-electron chi connectivity index (χ3n) is 5.43. The highest BCUT2D eigenvalue weighted by atomic mass is 19.1. The molecule has 1 N–H and O–H groups in total. The predicted molar refractivity (Wildman–Crippen MR) is 109 cm³/mol. The molecule has 1 saturated heterocycles. The lowest BCUT2D eigenvalue weighted by atomic mass is 9.97. The normalized spacial score (nSPS) is 17.8. The zero-order valence-electron chi connectivity index (χ0n) is 16.8. The maximum absolute atomic E-state index is 13.8. The first kappa shape index (κ1) is 20.6. The van der Waals surface area contributed by atoms with Crippen LogP contribution in [-0.4, -0.2) is 55.1 Å². The first-order chi connectivity index (χ1) is 13.5. The van der Waals surface area contributed by atoms with Crippen molar-refractivity contribution < 1.29 is 9.13 Å². The van der Waals surface area contributed by atoms with Crippen LogP contribution in [0, 0.1) is 11.7 Å². The summed E-state index contributed by atoms with van der Waals surface area (Å²) in [5, 5.41) is 0. The number of aromatic nitrogens is 1. The number of nitrogens with zero attached hydrogens (tertiary/aromatic N) is 2. The summed E-state index contributed by atoms with van der Waals surface area (Å²) in [4.78, 5) is 19.7. The van der Waals surface area contributed by atoms with E-state index >= 15 is 0 Å². The summed E-state index contributed by atoms with van der Waals surface area (Å²) in [6.45, 7) is 4.69. The molecule has 1 fully saturated rings. The molecule has 0 amide bonds. The van der Waals surface area contributed by atoms with Crippen molar-refractivity contribution in [3.8, 4) is 5.75 Å². The van der Waals surface area contributed by atoms with Gasteiger partial charge in [-0.25, -0.2) is 4.39 Å². The van der Waals surface area contributed by atoms with Crippen LogP contribution in [-0.2, 0) is 13.0 Å². The SMILES string of the molecule is COc1c[nH]c(CN(C)C[C@H]2CCCN(CCc3ccccc3F)C2)cc1=O. The second kappa shape index (κ2) is 9.85. The van der Waals surface area contributed by atoms with Crippen LogP contribution in [0.2, 0.25) is 0 Å². The highest BCUT2D eigenvalue weighted by Gasteiger charge is 2.21. The van der Waals surface area contributed by atoms with E-state index in [9.17, 15) is 9.18 Å². The van der Waals surface area contributed by atoms with Gasteiger partial charge < -0.3 is 19.5 Å². The van der Waals surface area contributed by atoms with Crippen LogP contribution in [0.25, 0.3) is 0 Å². The Morgan fingerprint density at radius 1 is 1.36 bits per heavy atom. The molecule has 1 aromatic carbocycles. The standard InChI is InChI=1S/C22H30FN3O2/c1-25(16-19-12-21(27)22(28-2)13-24-19)14-17-6-5-10-26(15-17)11-9-18-7-3-4-8-20(18)23/h3-4,7-8,12-13,17H,5-6,9-11,14-16H2,1-2H3,(H,24,27)/t17-/m1/s1. The van der Waals surface area contributed by atoms with E-state index in [2.05, 4.69) is 21.8 Å². The lowest BCUT2D eigenvalue weighted by Gasteiger charge is -2.34. The number of hydrogen-bond donors (Lipinski definition) is 1. The van der Waals surface area contributed by atoms with Crippen LogP contribution in [0.5, 0.6) is 5.75 Å². The molecule has 152 valence electrons. The van der Waals surface area contributed by atoms with Crippen molar-refractivity contribution in [1.82, 2.24) is 14.8 Å². The van der Waals surface area contributed by atoms with Gasteiger partial charge in [0.2, 0.25) is 5.43 Å². The molecule has 3 rings (SSSR count). The van der Waals surface area contributed by atoms with Gasteiger partial charge in [0.05, 0.1) is 7.11 Å². The van der Waals surface area contributed by atoms with Crippen LogP contribution in [0.15, 0.2) is 41.3 Å². The number of methoxy groups -OCH3 is 1. The molecule has 1 atom stereocenters. The summed E-state index contributed by atoms with van der Waals surface area (Å²) < 4.78 is 18.8. The summed E-state index contributed by atoms with van der Waals surface area (Å²) >= 11 is 0. The molecule has 28 heavy (non-hydrogen) atoms. The van der Waals surface area contributed by atoms with Gasteiger partial charge in [-0.05, 0) is 50.4 Å². The van der Waals surface area contributed by atoms with Crippen LogP contribution < -0.4 is 10.2 Å². The van der Waals surface area contributed by atoms with Gasteiger partial charge in [-0.1, -0.05) is 18.2 Å². The number of pyridine rings is 1. The van der Waals surface area contributed by atoms with Gasteiger partial charge in [0.1, 0.15) is 5.82 Å². The van der Waals surface area contributed by atoms with E-state index in [4.69, 9.17) is 4.74 Å². The van der Waals surface area contributed by atoms with Gasteiger partial charge in [0, 0.05) is 44.1 Å². The number of aromatic amines is 1. The van der Waals surface area contributed by atoms with Gasteiger partial charge in [-0.2, -0.15) is 0 Å². The largest absolute Gasteiger partial charge is 0.491 e. The monoisotopic (exact) mass is 387 g/mol.